The first-order valence-electron chi connectivity index (χ1n) is 6.68. The van der Waals surface area contributed by atoms with Crippen molar-refractivity contribution in [1.29, 1.82) is 0 Å². The number of amides is 1. The number of hydrogen-bond donors (Lipinski definition) is 3. The molecule has 3 rings (SSSR count). The molecule has 0 saturated carbocycles. The van der Waals surface area contributed by atoms with Gasteiger partial charge >= 0.3 is 0 Å². The molecular weight excluding hydrogens is 376 g/mol. The smallest absolute Gasteiger partial charge is 0.261 e. The summed E-state index contributed by atoms with van der Waals surface area (Å²) in [4.78, 5) is 26.7. The molecule has 1 amide bonds. The van der Waals surface area contributed by atoms with E-state index in [-0.39, 0.29) is 22.8 Å². The summed E-state index contributed by atoms with van der Waals surface area (Å²) >= 11 is 7.22. The quantitative estimate of drug-likeness (QED) is 0.739. The zero-order valence-electron chi connectivity index (χ0n) is 11.9. The molecule has 126 valence electrons. The van der Waals surface area contributed by atoms with Crippen molar-refractivity contribution in [2.45, 2.75) is 6.04 Å². The van der Waals surface area contributed by atoms with Crippen LogP contribution in [0.3, 0.4) is 0 Å². The predicted octanol–water partition coefficient (Wildman–Crippen LogP) is 1.50. The Balaban J connectivity index is 1.89. The number of sulfone groups is 1. The lowest BCUT2D eigenvalue weighted by Crippen LogP contribution is -2.38. The largest absolute Gasteiger partial charge is 0.506 e. The molecule has 0 saturated heterocycles. The Morgan fingerprint density at radius 2 is 2.21 bits per heavy atom. The Morgan fingerprint density at radius 3 is 2.79 bits per heavy atom. The second kappa shape index (κ2) is 6.08. The average Bonchev–Trinajstić information content (AvgIpc) is 3.06. The molecule has 1 aliphatic heterocycles. The molecule has 0 fully saturated rings. The average molecular weight is 387 g/mol. The standard InChI is InChI=1S/C14H11ClN2O5S2/c15-12-8(1-3-23-12)11-10(18)5-9(14(20)17-11)13(19)16-7-2-4-24(21,22)6-7/h1-5,7,18H,6H2,(H,16,19)(H,17,20)/t7-/m1/s1. The summed E-state index contributed by atoms with van der Waals surface area (Å²) in [6.45, 7) is 0. The molecule has 1 atom stereocenters. The van der Waals surface area contributed by atoms with Crippen LogP contribution in [0.5, 0.6) is 5.75 Å². The highest BCUT2D eigenvalue weighted by Crippen LogP contribution is 2.35. The van der Waals surface area contributed by atoms with Gasteiger partial charge in [-0.1, -0.05) is 11.6 Å². The van der Waals surface area contributed by atoms with Crippen molar-refractivity contribution < 1.29 is 18.3 Å². The van der Waals surface area contributed by atoms with E-state index in [1.807, 2.05) is 0 Å². The first-order chi connectivity index (χ1) is 11.3. The highest BCUT2D eigenvalue weighted by Gasteiger charge is 2.25. The molecule has 0 aromatic carbocycles. The van der Waals surface area contributed by atoms with Gasteiger partial charge in [-0.3, -0.25) is 9.59 Å². The summed E-state index contributed by atoms with van der Waals surface area (Å²) in [7, 11) is -3.33. The Morgan fingerprint density at radius 1 is 1.46 bits per heavy atom. The van der Waals surface area contributed by atoms with E-state index in [4.69, 9.17) is 11.6 Å². The number of halogens is 1. The summed E-state index contributed by atoms with van der Waals surface area (Å²) in [5, 5.41) is 15.2. The van der Waals surface area contributed by atoms with Gasteiger partial charge in [-0.15, -0.1) is 11.3 Å². The van der Waals surface area contributed by atoms with E-state index in [0.29, 0.717) is 9.90 Å². The molecule has 0 spiro atoms. The third-order valence-corrected chi connectivity index (χ3v) is 5.96. The van der Waals surface area contributed by atoms with Crippen molar-refractivity contribution in [3.05, 3.63) is 49.3 Å². The summed E-state index contributed by atoms with van der Waals surface area (Å²) < 4.78 is 23.0. The number of thiophene rings is 1. The van der Waals surface area contributed by atoms with Crippen LogP contribution in [0.15, 0.2) is 33.8 Å². The molecule has 1 aliphatic rings. The fourth-order valence-corrected chi connectivity index (χ4v) is 4.45. The lowest BCUT2D eigenvalue weighted by molar-refractivity contribution is 0.0945. The number of H-pyrrole nitrogens is 1. The van der Waals surface area contributed by atoms with Crippen LogP contribution in [0, 0.1) is 0 Å². The molecule has 0 radical (unpaired) electrons. The Bertz CT molecular complexity index is 1010. The minimum absolute atomic E-state index is 0.117. The predicted molar refractivity (Wildman–Crippen MR) is 91.2 cm³/mol. The lowest BCUT2D eigenvalue weighted by Gasteiger charge is -2.11. The number of pyridine rings is 1. The fourth-order valence-electron chi connectivity index (χ4n) is 2.28. The molecule has 0 bridgehead atoms. The zero-order valence-corrected chi connectivity index (χ0v) is 14.3. The Kier molecular flexibility index (Phi) is 4.24. The number of aromatic hydroxyl groups is 1. The Hall–Kier alpha value is -2.10. The van der Waals surface area contributed by atoms with E-state index in [1.165, 1.54) is 17.4 Å². The van der Waals surface area contributed by atoms with E-state index in [0.717, 1.165) is 11.5 Å². The van der Waals surface area contributed by atoms with Crippen LogP contribution in [-0.4, -0.2) is 36.2 Å². The topological polar surface area (TPSA) is 116 Å². The monoisotopic (exact) mass is 386 g/mol. The Labute approximate surface area is 145 Å². The van der Waals surface area contributed by atoms with Crippen molar-refractivity contribution in [2.75, 3.05) is 5.75 Å². The number of hydrogen-bond acceptors (Lipinski definition) is 6. The van der Waals surface area contributed by atoms with Crippen LogP contribution in [0.2, 0.25) is 4.34 Å². The number of aromatic nitrogens is 1. The van der Waals surface area contributed by atoms with Crippen LogP contribution in [0.4, 0.5) is 0 Å². The molecule has 2 aromatic heterocycles. The first-order valence-corrected chi connectivity index (χ1v) is 9.65. The van der Waals surface area contributed by atoms with E-state index in [2.05, 4.69) is 10.3 Å². The molecule has 0 aliphatic carbocycles. The van der Waals surface area contributed by atoms with Crippen LogP contribution in [0.25, 0.3) is 11.3 Å². The van der Waals surface area contributed by atoms with Gasteiger partial charge in [-0.2, -0.15) is 0 Å². The lowest BCUT2D eigenvalue weighted by atomic mass is 10.1. The molecule has 10 heteroatoms. The van der Waals surface area contributed by atoms with Gasteiger partial charge in [-0.25, -0.2) is 8.42 Å². The number of carbonyl (C=O) groups excluding carboxylic acids is 1. The van der Waals surface area contributed by atoms with Crippen molar-refractivity contribution >= 4 is 38.7 Å². The first kappa shape index (κ1) is 16.7. The van der Waals surface area contributed by atoms with Crippen molar-refractivity contribution in [1.82, 2.24) is 10.3 Å². The molecule has 24 heavy (non-hydrogen) atoms. The van der Waals surface area contributed by atoms with Crippen molar-refractivity contribution in [2.24, 2.45) is 0 Å². The van der Waals surface area contributed by atoms with Crippen LogP contribution in [-0.2, 0) is 9.84 Å². The van der Waals surface area contributed by atoms with Gasteiger partial charge in [0.25, 0.3) is 11.5 Å². The summed E-state index contributed by atoms with van der Waals surface area (Å²) in [6.07, 6.45) is 1.33. The van der Waals surface area contributed by atoms with Crippen LogP contribution < -0.4 is 10.9 Å². The maximum Gasteiger partial charge on any atom is 0.261 e. The van der Waals surface area contributed by atoms with Crippen molar-refractivity contribution in [3.63, 3.8) is 0 Å². The van der Waals surface area contributed by atoms with Gasteiger partial charge in [0.15, 0.2) is 9.84 Å². The minimum atomic E-state index is -3.33. The van der Waals surface area contributed by atoms with Gasteiger partial charge in [0.1, 0.15) is 15.6 Å². The van der Waals surface area contributed by atoms with E-state index < -0.39 is 27.3 Å². The van der Waals surface area contributed by atoms with Crippen molar-refractivity contribution in [3.8, 4) is 17.0 Å². The third kappa shape index (κ3) is 3.23. The molecule has 2 aromatic rings. The molecule has 7 nitrogen and oxygen atoms in total. The summed E-state index contributed by atoms with van der Waals surface area (Å²) in [5.74, 6) is -1.35. The van der Waals surface area contributed by atoms with Gasteiger partial charge in [-0.05, 0) is 17.5 Å². The SMILES string of the molecule is O=C(N[C@@H]1C=CS(=O)(=O)C1)c1cc(O)c(-c2ccsc2Cl)[nH]c1=O. The third-order valence-electron chi connectivity index (χ3n) is 3.40. The fraction of sp³-hybridized carbons (Fsp3) is 0.143. The summed E-state index contributed by atoms with van der Waals surface area (Å²) in [6, 6.07) is 1.95. The number of nitrogens with one attached hydrogen (secondary N) is 2. The van der Waals surface area contributed by atoms with Gasteiger partial charge < -0.3 is 15.4 Å². The van der Waals surface area contributed by atoms with E-state index in [9.17, 15) is 23.1 Å². The van der Waals surface area contributed by atoms with Gasteiger partial charge in [0.2, 0.25) is 0 Å². The second-order valence-electron chi connectivity index (χ2n) is 5.12. The highest BCUT2D eigenvalue weighted by atomic mass is 35.5. The minimum Gasteiger partial charge on any atom is -0.506 e. The van der Waals surface area contributed by atoms with E-state index >= 15 is 0 Å². The number of aromatic amines is 1. The van der Waals surface area contributed by atoms with Crippen LogP contribution in [0.1, 0.15) is 10.4 Å². The normalized spacial score (nSPS) is 18.6. The van der Waals surface area contributed by atoms with E-state index in [1.54, 1.807) is 11.4 Å². The number of rotatable bonds is 3. The van der Waals surface area contributed by atoms with Gasteiger partial charge in [0, 0.05) is 17.0 Å². The second-order valence-corrected chi connectivity index (χ2v) is 8.57. The van der Waals surface area contributed by atoms with Crippen LogP contribution >= 0.6 is 22.9 Å². The zero-order chi connectivity index (χ0) is 17.5. The maximum atomic E-state index is 12.2. The van der Waals surface area contributed by atoms with Gasteiger partial charge in [0.05, 0.1) is 17.5 Å². The molecule has 3 heterocycles. The number of carbonyl (C=O) groups is 1. The molecule has 0 unspecified atom stereocenters. The summed E-state index contributed by atoms with van der Waals surface area (Å²) in [5.41, 5.74) is -0.466. The molecule has 3 N–H and O–H groups in total. The highest BCUT2D eigenvalue weighted by molar-refractivity contribution is 7.94. The molecular formula is C14H11ClN2O5S2. The maximum absolute atomic E-state index is 12.2.